The molecule has 0 saturated carbocycles. The minimum absolute atomic E-state index is 0.291. The molecule has 0 aliphatic carbocycles. The van der Waals surface area contributed by atoms with Crippen LogP contribution in [0.2, 0.25) is 0 Å². The largest absolute Gasteiger partial charge is 0.395 e. The first kappa shape index (κ1) is 14.9. The van der Waals surface area contributed by atoms with Crippen molar-refractivity contribution < 1.29 is 5.11 Å². The van der Waals surface area contributed by atoms with Crippen molar-refractivity contribution in [1.29, 1.82) is 0 Å². The fourth-order valence-electron chi connectivity index (χ4n) is 2.44. The van der Waals surface area contributed by atoms with Gasteiger partial charge in [0.2, 0.25) is 0 Å². The van der Waals surface area contributed by atoms with E-state index in [4.69, 9.17) is 5.11 Å². The number of nitrogens with zero attached hydrogens (tertiary/aromatic N) is 3. The van der Waals surface area contributed by atoms with Gasteiger partial charge in [0.05, 0.1) is 6.61 Å². The predicted octanol–water partition coefficient (Wildman–Crippen LogP) is 0.328. The molecular formula is C13H29N3O. The van der Waals surface area contributed by atoms with E-state index in [0.717, 1.165) is 39.3 Å². The van der Waals surface area contributed by atoms with Crippen molar-refractivity contribution in [3.63, 3.8) is 0 Å². The van der Waals surface area contributed by atoms with Gasteiger partial charge in [-0.2, -0.15) is 0 Å². The molecule has 0 aromatic rings. The highest BCUT2D eigenvalue weighted by Crippen LogP contribution is 2.02. The average molecular weight is 243 g/mol. The molecule has 1 aliphatic heterocycles. The third kappa shape index (κ3) is 5.82. The Morgan fingerprint density at radius 2 is 1.53 bits per heavy atom. The summed E-state index contributed by atoms with van der Waals surface area (Å²) < 4.78 is 0. The van der Waals surface area contributed by atoms with E-state index in [9.17, 15) is 0 Å². The summed E-state index contributed by atoms with van der Waals surface area (Å²) in [5.41, 5.74) is 0. The number of β-amino-alcohol motifs (C(OH)–C–C–N with tert-alkyl or cyclic N) is 1. The molecule has 0 bridgehead atoms. The number of rotatable bonds is 7. The number of likely N-dealkylation sites (N-methyl/N-ethyl adjacent to an activating group) is 1. The van der Waals surface area contributed by atoms with E-state index in [0.29, 0.717) is 6.61 Å². The molecule has 4 nitrogen and oxygen atoms in total. The van der Waals surface area contributed by atoms with Crippen LogP contribution < -0.4 is 0 Å². The molecule has 4 heteroatoms. The smallest absolute Gasteiger partial charge is 0.0558 e. The Bertz CT molecular complexity index is 186. The third-order valence-corrected chi connectivity index (χ3v) is 3.72. The van der Waals surface area contributed by atoms with Gasteiger partial charge in [0.25, 0.3) is 0 Å². The van der Waals surface area contributed by atoms with Crippen LogP contribution in [0.4, 0.5) is 0 Å². The maximum absolute atomic E-state index is 8.95. The Kier molecular flexibility index (Phi) is 7.77. The van der Waals surface area contributed by atoms with Crippen LogP contribution in [-0.4, -0.2) is 85.3 Å². The van der Waals surface area contributed by atoms with Gasteiger partial charge in [-0.3, -0.25) is 4.90 Å². The van der Waals surface area contributed by atoms with Crippen molar-refractivity contribution >= 4 is 0 Å². The number of hydrogen-bond donors (Lipinski definition) is 1. The van der Waals surface area contributed by atoms with Crippen LogP contribution in [0, 0.1) is 0 Å². The first-order valence-corrected chi connectivity index (χ1v) is 7.08. The molecule has 102 valence electrons. The van der Waals surface area contributed by atoms with Gasteiger partial charge < -0.3 is 14.9 Å². The lowest BCUT2D eigenvalue weighted by atomic mass is 10.3. The molecule has 0 aromatic carbocycles. The lowest BCUT2D eigenvalue weighted by Gasteiger charge is -2.25. The van der Waals surface area contributed by atoms with E-state index in [1.807, 2.05) is 0 Å². The van der Waals surface area contributed by atoms with Crippen LogP contribution in [0.1, 0.15) is 20.3 Å². The number of aliphatic hydroxyl groups excluding tert-OH is 1. The maximum Gasteiger partial charge on any atom is 0.0558 e. The van der Waals surface area contributed by atoms with Gasteiger partial charge in [0, 0.05) is 32.7 Å². The van der Waals surface area contributed by atoms with Gasteiger partial charge in [-0.05, 0) is 32.6 Å². The lowest BCUT2D eigenvalue weighted by molar-refractivity contribution is 0.190. The van der Waals surface area contributed by atoms with Gasteiger partial charge in [-0.15, -0.1) is 0 Å². The molecule has 1 N–H and O–H groups in total. The Hall–Kier alpha value is -0.160. The molecule has 0 radical (unpaired) electrons. The first-order valence-electron chi connectivity index (χ1n) is 7.08. The molecule has 17 heavy (non-hydrogen) atoms. The molecule has 0 spiro atoms. The van der Waals surface area contributed by atoms with Crippen LogP contribution in [0.5, 0.6) is 0 Å². The molecule has 0 aromatic heterocycles. The van der Waals surface area contributed by atoms with Crippen LogP contribution in [-0.2, 0) is 0 Å². The average Bonchev–Trinajstić information content (AvgIpc) is 2.57. The van der Waals surface area contributed by atoms with Gasteiger partial charge in [-0.25, -0.2) is 0 Å². The summed E-state index contributed by atoms with van der Waals surface area (Å²) in [6.45, 7) is 14.9. The summed E-state index contributed by atoms with van der Waals surface area (Å²) >= 11 is 0. The van der Waals surface area contributed by atoms with Crippen molar-refractivity contribution in [1.82, 2.24) is 14.7 Å². The van der Waals surface area contributed by atoms with Crippen LogP contribution >= 0.6 is 0 Å². The molecular weight excluding hydrogens is 214 g/mol. The normalized spacial score (nSPS) is 19.8. The van der Waals surface area contributed by atoms with Crippen molar-refractivity contribution in [3.05, 3.63) is 0 Å². The molecule has 1 rings (SSSR count). The zero-order valence-electron chi connectivity index (χ0n) is 11.6. The van der Waals surface area contributed by atoms with Crippen molar-refractivity contribution in [2.24, 2.45) is 0 Å². The molecule has 0 amide bonds. The highest BCUT2D eigenvalue weighted by atomic mass is 16.3. The zero-order chi connectivity index (χ0) is 12.5. The summed E-state index contributed by atoms with van der Waals surface area (Å²) in [7, 11) is 0. The highest BCUT2D eigenvalue weighted by molar-refractivity contribution is 4.70. The predicted molar refractivity (Wildman–Crippen MR) is 72.4 cm³/mol. The maximum atomic E-state index is 8.95. The second-order valence-electron chi connectivity index (χ2n) is 4.79. The topological polar surface area (TPSA) is 30.0 Å². The van der Waals surface area contributed by atoms with Gasteiger partial charge in [0.15, 0.2) is 0 Å². The standard InChI is InChI=1S/C13H29N3O/c1-3-14(4-2)8-9-15-6-5-7-16(11-10-15)12-13-17/h17H,3-13H2,1-2H3. The van der Waals surface area contributed by atoms with Gasteiger partial charge in [0.1, 0.15) is 0 Å². The Labute approximate surface area is 106 Å². The minimum atomic E-state index is 0.291. The Balaban J connectivity index is 2.21. The summed E-state index contributed by atoms with van der Waals surface area (Å²) in [5.74, 6) is 0. The van der Waals surface area contributed by atoms with Gasteiger partial charge >= 0.3 is 0 Å². The summed E-state index contributed by atoms with van der Waals surface area (Å²) in [6.07, 6.45) is 1.23. The van der Waals surface area contributed by atoms with Crippen molar-refractivity contribution in [3.8, 4) is 0 Å². The fourth-order valence-corrected chi connectivity index (χ4v) is 2.44. The number of aliphatic hydroxyl groups is 1. The quantitative estimate of drug-likeness (QED) is 0.698. The first-order chi connectivity index (χ1) is 8.30. The summed E-state index contributed by atoms with van der Waals surface area (Å²) in [6, 6.07) is 0. The van der Waals surface area contributed by atoms with E-state index in [1.165, 1.54) is 26.1 Å². The summed E-state index contributed by atoms with van der Waals surface area (Å²) in [5, 5.41) is 8.95. The van der Waals surface area contributed by atoms with E-state index in [-0.39, 0.29) is 0 Å². The molecule has 1 aliphatic rings. The second kappa shape index (κ2) is 8.86. The molecule has 1 saturated heterocycles. The minimum Gasteiger partial charge on any atom is -0.395 e. The van der Waals surface area contributed by atoms with E-state index in [1.54, 1.807) is 0 Å². The molecule has 0 atom stereocenters. The second-order valence-corrected chi connectivity index (χ2v) is 4.79. The highest BCUT2D eigenvalue weighted by Gasteiger charge is 2.14. The zero-order valence-corrected chi connectivity index (χ0v) is 11.6. The van der Waals surface area contributed by atoms with Crippen LogP contribution in [0.3, 0.4) is 0 Å². The lowest BCUT2D eigenvalue weighted by Crippen LogP contribution is -2.37. The number of hydrogen-bond acceptors (Lipinski definition) is 4. The van der Waals surface area contributed by atoms with E-state index in [2.05, 4.69) is 28.5 Å². The monoisotopic (exact) mass is 243 g/mol. The van der Waals surface area contributed by atoms with E-state index < -0.39 is 0 Å². The Morgan fingerprint density at radius 1 is 0.941 bits per heavy atom. The molecule has 1 heterocycles. The van der Waals surface area contributed by atoms with E-state index >= 15 is 0 Å². The molecule has 1 fully saturated rings. The third-order valence-electron chi connectivity index (χ3n) is 3.72. The van der Waals surface area contributed by atoms with Crippen LogP contribution in [0.15, 0.2) is 0 Å². The van der Waals surface area contributed by atoms with Crippen molar-refractivity contribution in [2.45, 2.75) is 20.3 Å². The Morgan fingerprint density at radius 3 is 2.06 bits per heavy atom. The molecule has 0 unspecified atom stereocenters. The van der Waals surface area contributed by atoms with Crippen LogP contribution in [0.25, 0.3) is 0 Å². The van der Waals surface area contributed by atoms with Crippen molar-refractivity contribution in [2.75, 3.05) is 65.5 Å². The fraction of sp³-hybridized carbons (Fsp3) is 1.00. The van der Waals surface area contributed by atoms with Gasteiger partial charge in [-0.1, -0.05) is 13.8 Å². The summed E-state index contributed by atoms with van der Waals surface area (Å²) in [4.78, 5) is 7.42. The SMILES string of the molecule is CCN(CC)CCN1CCCN(CCO)CC1.